The maximum absolute atomic E-state index is 13.9. The van der Waals surface area contributed by atoms with E-state index in [0.717, 1.165) is 16.0 Å². The number of hydrogen-bond acceptors (Lipinski definition) is 11. The van der Waals surface area contributed by atoms with Crippen LogP contribution in [0.3, 0.4) is 0 Å². The number of Topliss-reactive ketones (excluding diaryl/α,β-unsaturated/α-hetero) is 1. The molecule has 3 amide bonds. The van der Waals surface area contributed by atoms with Crippen molar-refractivity contribution >= 4 is 54.9 Å². The Balaban J connectivity index is 1.44. The SMILES string of the molecule is Cc1ccc(S(=O)(=O)CC(CS(=O)(=O)c2ccc(C)cc2)C(=O)c2ccc(C(=O)NCC(C)(C)CC(O)C(C)(C)SC3CC(=O)N(CCO)C3=O)cc2)cc1. The first-order chi connectivity index (χ1) is 25.5. The lowest BCUT2D eigenvalue weighted by Crippen LogP contribution is -2.43. The zero-order valence-electron chi connectivity index (χ0n) is 31.9. The van der Waals surface area contributed by atoms with Crippen LogP contribution in [0.15, 0.2) is 82.6 Å². The van der Waals surface area contributed by atoms with E-state index in [4.69, 9.17) is 0 Å². The fourth-order valence-corrected chi connectivity index (χ4v) is 10.9. The minimum absolute atomic E-state index is 0.0107. The molecule has 12 nitrogen and oxygen atoms in total. The Morgan fingerprint density at radius 3 is 1.76 bits per heavy atom. The molecule has 2 atom stereocenters. The van der Waals surface area contributed by atoms with E-state index in [1.54, 1.807) is 52.0 Å². The minimum atomic E-state index is -4.07. The second-order valence-electron chi connectivity index (χ2n) is 15.4. The molecule has 1 fully saturated rings. The summed E-state index contributed by atoms with van der Waals surface area (Å²) in [7, 11) is -8.15. The molecular weight excluding hydrogens is 765 g/mol. The van der Waals surface area contributed by atoms with E-state index < -0.39 is 76.2 Å². The number of carbonyl (C=O) groups excluding carboxylic acids is 4. The van der Waals surface area contributed by atoms with Gasteiger partial charge in [0.25, 0.3) is 5.91 Å². The summed E-state index contributed by atoms with van der Waals surface area (Å²) in [5.74, 6) is -4.84. The third-order valence-corrected chi connectivity index (χ3v) is 14.8. The molecule has 0 aromatic heterocycles. The van der Waals surface area contributed by atoms with Crippen LogP contribution in [0, 0.1) is 25.2 Å². The number of aliphatic hydroxyl groups excluding tert-OH is 2. The molecule has 1 aliphatic heterocycles. The predicted octanol–water partition coefficient (Wildman–Crippen LogP) is 4.19. The van der Waals surface area contributed by atoms with Crippen molar-refractivity contribution in [1.82, 2.24) is 10.2 Å². The number of likely N-dealkylation sites (tertiary alicyclic amines) is 1. The summed E-state index contributed by atoms with van der Waals surface area (Å²) >= 11 is 1.21. The first-order valence-electron chi connectivity index (χ1n) is 17.9. The number of rotatable bonds is 18. The highest BCUT2D eigenvalue weighted by Crippen LogP contribution is 2.40. The van der Waals surface area contributed by atoms with Crippen molar-refractivity contribution in [2.45, 2.75) is 80.3 Å². The molecule has 4 rings (SSSR count). The van der Waals surface area contributed by atoms with Crippen molar-refractivity contribution in [2.75, 3.05) is 31.2 Å². The van der Waals surface area contributed by atoms with Gasteiger partial charge in [-0.1, -0.05) is 61.4 Å². The van der Waals surface area contributed by atoms with Crippen molar-refractivity contribution in [3.8, 4) is 0 Å². The number of ketones is 1. The van der Waals surface area contributed by atoms with Gasteiger partial charge in [-0.2, -0.15) is 0 Å². The molecule has 55 heavy (non-hydrogen) atoms. The van der Waals surface area contributed by atoms with E-state index in [0.29, 0.717) is 0 Å². The lowest BCUT2D eigenvalue weighted by molar-refractivity contribution is -0.138. The number of imide groups is 1. The molecule has 0 radical (unpaired) electrons. The maximum atomic E-state index is 13.9. The van der Waals surface area contributed by atoms with E-state index in [2.05, 4.69) is 5.32 Å². The van der Waals surface area contributed by atoms with Crippen molar-refractivity contribution < 1.29 is 46.2 Å². The molecule has 0 bridgehead atoms. The second-order valence-corrected chi connectivity index (χ2v) is 21.3. The zero-order valence-corrected chi connectivity index (χ0v) is 34.4. The molecule has 1 aliphatic rings. The number of aryl methyl sites for hydroxylation is 2. The highest BCUT2D eigenvalue weighted by Gasteiger charge is 2.44. The Morgan fingerprint density at radius 2 is 1.29 bits per heavy atom. The van der Waals surface area contributed by atoms with E-state index in [9.17, 15) is 46.2 Å². The molecular formula is C40H50N2O10S3. The smallest absolute Gasteiger partial charge is 0.251 e. The quantitative estimate of drug-likeness (QED) is 0.123. The summed E-state index contributed by atoms with van der Waals surface area (Å²) in [6.07, 6.45) is -0.681. The number of carbonyl (C=O) groups is 4. The third-order valence-electron chi connectivity index (χ3n) is 9.65. The number of nitrogens with zero attached hydrogens (tertiary/aromatic N) is 1. The number of β-amino-alcohol motifs (C(OH)–C–C–N with tert-alkyl or cyclic N) is 1. The van der Waals surface area contributed by atoms with E-state index in [1.165, 1.54) is 60.3 Å². The molecule has 298 valence electrons. The summed E-state index contributed by atoms with van der Waals surface area (Å²) < 4.78 is 53.0. The topological polar surface area (TPSA) is 192 Å². The Bertz CT molecular complexity index is 2020. The second kappa shape index (κ2) is 17.5. The molecule has 1 heterocycles. The lowest BCUT2D eigenvalue weighted by Gasteiger charge is -2.37. The van der Waals surface area contributed by atoms with Gasteiger partial charge in [0.05, 0.1) is 51.7 Å². The third kappa shape index (κ3) is 11.3. The minimum Gasteiger partial charge on any atom is -0.395 e. The number of nitrogens with one attached hydrogen (secondary N) is 1. The van der Waals surface area contributed by atoms with Crippen LogP contribution < -0.4 is 5.32 Å². The highest BCUT2D eigenvalue weighted by molar-refractivity contribution is 8.02. The number of hydrogen-bond donors (Lipinski definition) is 3. The molecule has 3 N–H and O–H groups in total. The van der Waals surface area contributed by atoms with Crippen LogP contribution >= 0.6 is 11.8 Å². The normalized spacial score (nSPS) is 16.1. The Kier molecular flexibility index (Phi) is 13.9. The zero-order chi connectivity index (χ0) is 40.9. The molecule has 1 saturated heterocycles. The highest BCUT2D eigenvalue weighted by atomic mass is 32.2. The van der Waals surface area contributed by atoms with Crippen molar-refractivity contribution in [3.63, 3.8) is 0 Å². The van der Waals surface area contributed by atoms with Gasteiger partial charge in [-0.15, -0.1) is 11.8 Å². The number of aliphatic hydroxyl groups is 2. The first-order valence-corrected chi connectivity index (χ1v) is 22.1. The van der Waals surface area contributed by atoms with Gasteiger partial charge >= 0.3 is 0 Å². The Morgan fingerprint density at radius 1 is 0.818 bits per heavy atom. The van der Waals surface area contributed by atoms with Crippen LogP contribution in [-0.4, -0.2) is 103 Å². The van der Waals surface area contributed by atoms with Crippen LogP contribution in [-0.2, 0) is 29.3 Å². The average molecular weight is 815 g/mol. The first kappa shape index (κ1) is 43.8. The largest absolute Gasteiger partial charge is 0.395 e. The van der Waals surface area contributed by atoms with Crippen LogP contribution in [0.5, 0.6) is 0 Å². The summed E-state index contributed by atoms with van der Waals surface area (Å²) in [5, 5.41) is 22.6. The summed E-state index contributed by atoms with van der Waals surface area (Å²) in [6.45, 7) is 10.7. The molecule has 0 aliphatic carbocycles. The van der Waals surface area contributed by atoms with Gasteiger partial charge in [0.15, 0.2) is 25.5 Å². The Labute approximate surface area is 327 Å². The fourth-order valence-electron chi connectivity index (χ4n) is 6.22. The lowest BCUT2D eigenvalue weighted by atomic mass is 9.83. The Hall–Kier alpha value is -3.89. The monoisotopic (exact) mass is 814 g/mol. The molecule has 3 aromatic carbocycles. The van der Waals surface area contributed by atoms with Gasteiger partial charge in [-0.25, -0.2) is 16.8 Å². The van der Waals surface area contributed by atoms with Crippen LogP contribution in [0.25, 0.3) is 0 Å². The van der Waals surface area contributed by atoms with Gasteiger partial charge < -0.3 is 15.5 Å². The van der Waals surface area contributed by atoms with Crippen LogP contribution in [0.4, 0.5) is 0 Å². The number of sulfone groups is 2. The van der Waals surface area contributed by atoms with Gasteiger partial charge in [-0.05, 0) is 75.9 Å². The van der Waals surface area contributed by atoms with E-state index in [1.807, 2.05) is 13.8 Å². The standard InChI is InChI=1S/C40H50N2O10S3/c1-26-7-15-31(16-8-26)54(49,50)23-30(24-55(51,52)32-17-9-27(2)10-18-32)36(46)28-11-13-29(14-12-28)37(47)41-25-39(3,4)22-34(44)40(5,6)53-33-21-35(45)42(19-20-43)38(33)48/h7-18,30,33-34,43-44H,19-25H2,1-6H3,(H,41,47). The fraction of sp³-hybridized carbons (Fsp3) is 0.450. The van der Waals surface area contributed by atoms with Gasteiger partial charge in [-0.3, -0.25) is 24.1 Å². The number of benzene rings is 3. The summed E-state index contributed by atoms with van der Waals surface area (Å²) in [4.78, 5) is 53.0. The van der Waals surface area contributed by atoms with E-state index >= 15 is 0 Å². The van der Waals surface area contributed by atoms with Gasteiger partial charge in [0.2, 0.25) is 11.8 Å². The molecule has 0 spiro atoms. The maximum Gasteiger partial charge on any atom is 0.251 e. The summed E-state index contributed by atoms with van der Waals surface area (Å²) in [6, 6.07) is 17.7. The van der Waals surface area contributed by atoms with Gasteiger partial charge in [0, 0.05) is 28.8 Å². The molecule has 2 unspecified atom stereocenters. The molecule has 15 heteroatoms. The number of amides is 3. The number of thioether (sulfide) groups is 1. The van der Waals surface area contributed by atoms with Crippen LogP contribution in [0.2, 0.25) is 0 Å². The van der Waals surface area contributed by atoms with Crippen molar-refractivity contribution in [3.05, 3.63) is 95.1 Å². The predicted molar refractivity (Wildman–Crippen MR) is 211 cm³/mol. The van der Waals surface area contributed by atoms with Crippen molar-refractivity contribution in [2.24, 2.45) is 11.3 Å². The van der Waals surface area contributed by atoms with Crippen LogP contribution in [0.1, 0.15) is 72.4 Å². The summed E-state index contributed by atoms with van der Waals surface area (Å²) in [5.41, 5.74) is 1.31. The molecule has 0 saturated carbocycles. The van der Waals surface area contributed by atoms with E-state index in [-0.39, 0.29) is 59.4 Å². The van der Waals surface area contributed by atoms with Crippen molar-refractivity contribution in [1.29, 1.82) is 0 Å². The molecule has 3 aromatic rings. The van der Waals surface area contributed by atoms with Gasteiger partial charge in [0.1, 0.15) is 0 Å². The average Bonchev–Trinajstić information content (AvgIpc) is 3.37.